The van der Waals surface area contributed by atoms with Crippen molar-refractivity contribution in [1.29, 1.82) is 0 Å². The predicted molar refractivity (Wildman–Crippen MR) is 172 cm³/mol. The molecule has 1 aliphatic heterocycles. The quantitative estimate of drug-likeness (QED) is 0.129. The largest absolute Gasteiger partial charge is 0.462 e. The fourth-order valence-corrected chi connectivity index (χ4v) is 6.95. The highest BCUT2D eigenvalue weighted by atomic mass is 16.6. The summed E-state index contributed by atoms with van der Waals surface area (Å²) in [6.45, 7) is 0.265. The Morgan fingerprint density at radius 2 is 1.16 bits per heavy atom. The van der Waals surface area contributed by atoms with Gasteiger partial charge in [-0.2, -0.15) is 0 Å². The maximum atomic E-state index is 13.5. The zero-order valence-electron chi connectivity index (χ0n) is 24.8. The molecular formula is C40H34O5. The number of fused-ring (bicyclic) bond motifs is 1. The first-order valence-corrected chi connectivity index (χ1v) is 15.5. The Morgan fingerprint density at radius 3 is 1.69 bits per heavy atom. The van der Waals surface area contributed by atoms with Gasteiger partial charge in [-0.25, -0.2) is 4.79 Å². The third kappa shape index (κ3) is 5.67. The number of benzene rings is 5. The predicted octanol–water partition coefficient (Wildman–Crippen LogP) is 7.84. The fraction of sp³-hybridized carbons (Fsp3) is 0.200. The maximum absolute atomic E-state index is 13.5. The van der Waals surface area contributed by atoms with Crippen LogP contribution in [-0.2, 0) is 24.6 Å². The molecule has 0 amide bonds. The number of esters is 2. The summed E-state index contributed by atoms with van der Waals surface area (Å²) in [5.41, 5.74) is 4.63. The van der Waals surface area contributed by atoms with Gasteiger partial charge >= 0.3 is 11.9 Å². The van der Waals surface area contributed by atoms with E-state index in [-0.39, 0.29) is 36.9 Å². The Labute approximate surface area is 263 Å². The Bertz CT molecular complexity index is 1640. The molecule has 45 heavy (non-hydrogen) atoms. The summed E-state index contributed by atoms with van der Waals surface area (Å²) >= 11 is 0. The topological polar surface area (TPSA) is 61.8 Å². The van der Waals surface area contributed by atoms with E-state index in [1.54, 1.807) is 12.1 Å². The molecule has 5 aromatic carbocycles. The Balaban J connectivity index is 1.19. The van der Waals surface area contributed by atoms with Crippen LogP contribution in [0.15, 0.2) is 146 Å². The molecule has 5 nitrogen and oxygen atoms in total. The first kappa shape index (κ1) is 28.8. The molecule has 1 saturated carbocycles. The van der Waals surface area contributed by atoms with Gasteiger partial charge in [0.2, 0.25) is 0 Å². The van der Waals surface area contributed by atoms with Gasteiger partial charge in [0.25, 0.3) is 0 Å². The lowest BCUT2D eigenvalue weighted by molar-refractivity contribution is -0.141. The van der Waals surface area contributed by atoms with Gasteiger partial charge < -0.3 is 14.2 Å². The third-order valence-electron chi connectivity index (χ3n) is 9.17. The number of hydrogen-bond acceptors (Lipinski definition) is 5. The summed E-state index contributed by atoms with van der Waals surface area (Å²) in [6.07, 6.45) is -0.0285. The average molecular weight is 595 g/mol. The minimum absolute atomic E-state index is 0.101. The van der Waals surface area contributed by atoms with Crippen LogP contribution in [0.25, 0.3) is 11.1 Å². The highest BCUT2D eigenvalue weighted by Gasteiger charge is 2.53. The van der Waals surface area contributed by atoms with Gasteiger partial charge in [-0.1, -0.05) is 133 Å². The van der Waals surface area contributed by atoms with Crippen LogP contribution in [0, 0.1) is 11.8 Å². The standard InChI is InChI=1S/C40H34O5/c41-38-25-34-35(37(26-36(34)44-38)45-39(42)30-23-21-29(22-24-30)28-13-5-1-6-14-28)27-43-40(31-15-7-2-8-16-31,32-17-9-3-10-18-32)33-19-11-4-12-20-33/h1-24,34-37H,25-27H2/t34-,35-,36-,37+/m0/s1. The van der Waals surface area contributed by atoms with Crippen molar-refractivity contribution in [3.8, 4) is 11.1 Å². The molecule has 5 aromatic rings. The number of carbonyl (C=O) groups excluding carboxylic acids is 2. The lowest BCUT2D eigenvalue weighted by Gasteiger charge is -2.38. The van der Waals surface area contributed by atoms with E-state index in [2.05, 4.69) is 36.4 Å². The molecule has 224 valence electrons. The molecule has 1 saturated heterocycles. The minimum atomic E-state index is -0.923. The Morgan fingerprint density at radius 1 is 0.667 bits per heavy atom. The third-order valence-corrected chi connectivity index (χ3v) is 9.17. The average Bonchev–Trinajstić information content (AvgIpc) is 3.62. The number of rotatable bonds is 9. The molecule has 0 spiro atoms. The summed E-state index contributed by atoms with van der Waals surface area (Å²) in [6, 6.07) is 48.1. The first-order valence-electron chi connectivity index (χ1n) is 15.5. The molecule has 7 rings (SSSR count). The maximum Gasteiger partial charge on any atom is 0.338 e. The van der Waals surface area contributed by atoms with Crippen LogP contribution in [0.3, 0.4) is 0 Å². The van der Waals surface area contributed by atoms with Crippen LogP contribution in [0.1, 0.15) is 39.9 Å². The van der Waals surface area contributed by atoms with E-state index in [9.17, 15) is 9.59 Å². The SMILES string of the molecule is O=C1C[C@H]2[C@H](COC(c3ccccc3)(c3ccccc3)c3ccccc3)[C@H](OC(=O)c3ccc(-c4ccccc4)cc3)C[C@@H]2O1. The van der Waals surface area contributed by atoms with Crippen LogP contribution in [-0.4, -0.2) is 30.8 Å². The fourth-order valence-electron chi connectivity index (χ4n) is 6.95. The number of hydrogen-bond donors (Lipinski definition) is 0. The molecule has 5 heteroatoms. The second-order valence-electron chi connectivity index (χ2n) is 11.8. The van der Waals surface area contributed by atoms with E-state index in [0.717, 1.165) is 27.8 Å². The van der Waals surface area contributed by atoms with E-state index in [0.29, 0.717) is 12.0 Å². The van der Waals surface area contributed by atoms with Crippen molar-refractivity contribution in [3.05, 3.63) is 168 Å². The van der Waals surface area contributed by atoms with Crippen molar-refractivity contribution in [1.82, 2.24) is 0 Å². The second-order valence-corrected chi connectivity index (χ2v) is 11.8. The molecule has 0 unspecified atom stereocenters. The lowest BCUT2D eigenvalue weighted by atomic mass is 9.79. The van der Waals surface area contributed by atoms with Crippen LogP contribution >= 0.6 is 0 Å². The summed E-state index contributed by atoms with van der Waals surface area (Å²) in [5.74, 6) is -0.937. The number of carbonyl (C=O) groups is 2. The van der Waals surface area contributed by atoms with Crippen LogP contribution < -0.4 is 0 Å². The molecule has 2 aliphatic rings. The summed E-state index contributed by atoms with van der Waals surface area (Å²) in [4.78, 5) is 25.9. The molecule has 0 N–H and O–H groups in total. The van der Waals surface area contributed by atoms with Gasteiger partial charge in [0.1, 0.15) is 17.8 Å². The van der Waals surface area contributed by atoms with Crippen LogP contribution in [0.4, 0.5) is 0 Å². The zero-order valence-corrected chi connectivity index (χ0v) is 24.8. The van der Waals surface area contributed by atoms with Gasteiger partial charge in [0, 0.05) is 18.3 Å². The summed E-state index contributed by atoms with van der Waals surface area (Å²) < 4.78 is 19.0. The summed E-state index contributed by atoms with van der Waals surface area (Å²) in [5, 5.41) is 0. The van der Waals surface area contributed by atoms with Crippen molar-refractivity contribution in [2.75, 3.05) is 6.61 Å². The molecule has 1 aliphatic carbocycles. The van der Waals surface area contributed by atoms with Gasteiger partial charge in [-0.05, 0) is 39.9 Å². The molecular weight excluding hydrogens is 560 g/mol. The van der Waals surface area contributed by atoms with E-state index < -0.39 is 17.7 Å². The van der Waals surface area contributed by atoms with Gasteiger partial charge in [-0.15, -0.1) is 0 Å². The van der Waals surface area contributed by atoms with Crippen molar-refractivity contribution < 1.29 is 23.8 Å². The van der Waals surface area contributed by atoms with E-state index >= 15 is 0 Å². The second kappa shape index (κ2) is 12.5. The molecule has 0 radical (unpaired) electrons. The number of ether oxygens (including phenoxy) is 3. The summed E-state index contributed by atoms with van der Waals surface area (Å²) in [7, 11) is 0. The van der Waals surface area contributed by atoms with Gasteiger partial charge in [0.05, 0.1) is 18.6 Å². The normalized spacial score (nSPS) is 20.8. The monoisotopic (exact) mass is 594 g/mol. The lowest BCUT2D eigenvalue weighted by Crippen LogP contribution is -2.38. The molecule has 2 fully saturated rings. The first-order chi connectivity index (χ1) is 22.1. The smallest absolute Gasteiger partial charge is 0.338 e. The van der Waals surface area contributed by atoms with Crippen molar-refractivity contribution in [3.63, 3.8) is 0 Å². The minimum Gasteiger partial charge on any atom is -0.462 e. The molecule has 1 heterocycles. The van der Waals surface area contributed by atoms with Gasteiger partial charge in [0.15, 0.2) is 0 Å². The molecule has 4 atom stereocenters. The Kier molecular flexibility index (Phi) is 8.02. The van der Waals surface area contributed by atoms with Crippen molar-refractivity contribution >= 4 is 11.9 Å². The molecule has 0 bridgehead atoms. The zero-order chi connectivity index (χ0) is 30.6. The van der Waals surface area contributed by atoms with Crippen LogP contribution in [0.2, 0.25) is 0 Å². The van der Waals surface area contributed by atoms with E-state index in [4.69, 9.17) is 14.2 Å². The van der Waals surface area contributed by atoms with Crippen molar-refractivity contribution in [2.45, 2.75) is 30.7 Å². The Hall–Kier alpha value is -5.00. The van der Waals surface area contributed by atoms with Crippen molar-refractivity contribution in [2.24, 2.45) is 11.8 Å². The van der Waals surface area contributed by atoms with E-state index in [1.807, 2.05) is 97.1 Å². The highest BCUT2D eigenvalue weighted by molar-refractivity contribution is 5.90. The van der Waals surface area contributed by atoms with E-state index in [1.165, 1.54) is 0 Å². The highest BCUT2D eigenvalue weighted by Crippen LogP contribution is 2.46. The van der Waals surface area contributed by atoms with Gasteiger partial charge in [-0.3, -0.25) is 4.79 Å². The molecule has 0 aromatic heterocycles. The van der Waals surface area contributed by atoms with Crippen LogP contribution in [0.5, 0.6) is 0 Å².